The zero-order valence-corrected chi connectivity index (χ0v) is 15.0. The smallest absolute Gasteiger partial charge is 0.343 e. The number of hydrogen-bond acceptors (Lipinski definition) is 5. The fraction of sp³-hybridized carbons (Fsp3) is 0.0476. The van der Waals surface area contributed by atoms with Crippen molar-refractivity contribution in [2.75, 3.05) is 0 Å². The van der Waals surface area contributed by atoms with E-state index in [0.717, 1.165) is 0 Å². The average molecular weight is 377 g/mol. The number of nitriles is 1. The molecule has 0 atom stereocenters. The van der Waals surface area contributed by atoms with Crippen LogP contribution in [0.2, 0.25) is 0 Å². The van der Waals surface area contributed by atoms with Gasteiger partial charge in [-0.2, -0.15) is 5.26 Å². The van der Waals surface area contributed by atoms with E-state index in [1.165, 1.54) is 18.2 Å². The van der Waals surface area contributed by atoms with Crippen LogP contribution < -0.4 is 4.74 Å². The first-order valence-corrected chi connectivity index (χ1v) is 9.72. The van der Waals surface area contributed by atoms with Gasteiger partial charge in [0.2, 0.25) is 0 Å². The van der Waals surface area contributed by atoms with Crippen molar-refractivity contribution in [2.24, 2.45) is 0 Å². The lowest BCUT2D eigenvalue weighted by molar-refractivity contribution is 0.0734. The van der Waals surface area contributed by atoms with E-state index < -0.39 is 15.8 Å². The van der Waals surface area contributed by atoms with Crippen LogP contribution in [-0.4, -0.2) is 14.4 Å². The van der Waals surface area contributed by atoms with Gasteiger partial charge in [0.25, 0.3) is 0 Å². The summed E-state index contributed by atoms with van der Waals surface area (Å²) in [7, 11) is -3.51. The van der Waals surface area contributed by atoms with Gasteiger partial charge in [-0.25, -0.2) is 13.2 Å². The second kappa shape index (κ2) is 7.85. The van der Waals surface area contributed by atoms with Gasteiger partial charge >= 0.3 is 5.97 Å². The molecule has 0 saturated carbocycles. The first kappa shape index (κ1) is 18.4. The van der Waals surface area contributed by atoms with Crippen LogP contribution >= 0.6 is 0 Å². The van der Waals surface area contributed by atoms with Crippen LogP contribution in [0.3, 0.4) is 0 Å². The fourth-order valence-electron chi connectivity index (χ4n) is 2.48. The Morgan fingerprint density at radius 3 is 2.30 bits per heavy atom. The highest BCUT2D eigenvalue weighted by atomic mass is 32.2. The summed E-state index contributed by atoms with van der Waals surface area (Å²) in [5.74, 6) is -0.505. The molecule has 3 aromatic rings. The summed E-state index contributed by atoms with van der Waals surface area (Å²) in [6.45, 7) is 0. The lowest BCUT2D eigenvalue weighted by Gasteiger charge is -2.07. The van der Waals surface area contributed by atoms with E-state index in [-0.39, 0.29) is 16.2 Å². The maximum atomic E-state index is 12.5. The number of benzene rings is 3. The molecule has 0 amide bonds. The Bertz CT molecular complexity index is 1100. The van der Waals surface area contributed by atoms with Crippen molar-refractivity contribution in [1.82, 2.24) is 0 Å². The molecule has 0 fully saturated rings. The van der Waals surface area contributed by atoms with Crippen molar-refractivity contribution in [3.05, 3.63) is 95.6 Å². The largest absolute Gasteiger partial charge is 0.423 e. The van der Waals surface area contributed by atoms with Crippen molar-refractivity contribution >= 4 is 15.8 Å². The molecule has 27 heavy (non-hydrogen) atoms. The van der Waals surface area contributed by atoms with Crippen LogP contribution in [0.15, 0.2) is 83.8 Å². The summed E-state index contributed by atoms with van der Waals surface area (Å²) < 4.78 is 30.3. The number of nitrogens with zero attached hydrogens (tertiary/aromatic N) is 1. The minimum atomic E-state index is -3.51. The molecular weight excluding hydrogens is 362 g/mol. The average Bonchev–Trinajstić information content (AvgIpc) is 2.69. The van der Waals surface area contributed by atoms with Crippen LogP contribution in [0.25, 0.3) is 0 Å². The van der Waals surface area contributed by atoms with E-state index in [1.54, 1.807) is 60.7 Å². The number of sulfone groups is 1. The zero-order chi connectivity index (χ0) is 19.3. The molecule has 0 bridgehead atoms. The van der Waals surface area contributed by atoms with Crippen molar-refractivity contribution in [2.45, 2.75) is 10.6 Å². The summed E-state index contributed by atoms with van der Waals surface area (Å²) in [5.41, 5.74) is 1.20. The van der Waals surface area contributed by atoms with Crippen molar-refractivity contribution in [3.63, 3.8) is 0 Å². The first-order chi connectivity index (χ1) is 13.0. The number of carbonyl (C=O) groups is 1. The lowest BCUT2D eigenvalue weighted by Crippen LogP contribution is -2.10. The third kappa shape index (κ3) is 4.60. The second-order valence-corrected chi connectivity index (χ2v) is 7.79. The Hall–Kier alpha value is -3.43. The molecule has 134 valence electrons. The standard InChI is InChI=1S/C21H15NO4S/c22-14-16-9-11-19(12-10-16)26-21(23)18-6-4-5-17(13-18)15-27(24,25)20-7-2-1-3-8-20/h1-13H,15H2. The number of hydrogen-bond donors (Lipinski definition) is 0. The van der Waals surface area contributed by atoms with Crippen molar-refractivity contribution < 1.29 is 17.9 Å². The number of rotatable bonds is 5. The number of carbonyl (C=O) groups excluding carboxylic acids is 1. The van der Waals surface area contributed by atoms with Gasteiger partial charge in [-0.05, 0) is 54.1 Å². The Morgan fingerprint density at radius 2 is 1.63 bits per heavy atom. The molecule has 6 heteroatoms. The normalized spacial score (nSPS) is 10.8. The highest BCUT2D eigenvalue weighted by Gasteiger charge is 2.16. The van der Waals surface area contributed by atoms with Crippen LogP contribution in [0, 0.1) is 11.3 Å². The minimum Gasteiger partial charge on any atom is -0.423 e. The van der Waals surface area contributed by atoms with Crippen LogP contribution in [0.1, 0.15) is 21.5 Å². The third-order valence-corrected chi connectivity index (χ3v) is 5.52. The quantitative estimate of drug-likeness (QED) is 0.499. The van der Waals surface area contributed by atoms with E-state index in [0.29, 0.717) is 16.9 Å². The molecule has 0 heterocycles. The number of ether oxygens (including phenoxy) is 1. The van der Waals surface area contributed by atoms with E-state index in [9.17, 15) is 13.2 Å². The monoisotopic (exact) mass is 377 g/mol. The predicted molar refractivity (Wildman–Crippen MR) is 99.9 cm³/mol. The molecule has 3 rings (SSSR count). The summed E-state index contributed by atoms with van der Waals surface area (Å²) >= 11 is 0. The van der Waals surface area contributed by atoms with Gasteiger partial charge in [0.1, 0.15) is 5.75 Å². The molecule has 0 unspecified atom stereocenters. The number of esters is 1. The molecule has 0 aromatic heterocycles. The molecule has 0 radical (unpaired) electrons. The van der Waals surface area contributed by atoms with Crippen molar-refractivity contribution in [3.8, 4) is 11.8 Å². The van der Waals surface area contributed by atoms with Gasteiger partial charge in [0.05, 0.1) is 27.8 Å². The second-order valence-electron chi connectivity index (χ2n) is 5.80. The minimum absolute atomic E-state index is 0.213. The summed E-state index contributed by atoms with van der Waals surface area (Å²) in [5, 5.41) is 8.79. The van der Waals surface area contributed by atoms with Crippen molar-refractivity contribution in [1.29, 1.82) is 5.26 Å². The molecular formula is C21H15NO4S. The zero-order valence-electron chi connectivity index (χ0n) is 14.2. The van der Waals surface area contributed by atoms with E-state index >= 15 is 0 Å². The highest BCUT2D eigenvalue weighted by molar-refractivity contribution is 7.90. The summed E-state index contributed by atoms with van der Waals surface area (Å²) in [6, 6.07) is 22.6. The Labute approximate surface area is 157 Å². The topological polar surface area (TPSA) is 84.2 Å². The fourth-order valence-corrected chi connectivity index (χ4v) is 3.84. The van der Waals surface area contributed by atoms with Gasteiger partial charge in [0.15, 0.2) is 9.84 Å². The molecule has 0 aliphatic rings. The van der Waals surface area contributed by atoms with Gasteiger partial charge < -0.3 is 4.74 Å². The Kier molecular flexibility index (Phi) is 5.34. The van der Waals surface area contributed by atoms with Crippen LogP contribution in [-0.2, 0) is 15.6 Å². The Balaban J connectivity index is 1.76. The van der Waals surface area contributed by atoms with E-state index in [2.05, 4.69) is 0 Å². The third-order valence-electron chi connectivity index (χ3n) is 3.82. The Morgan fingerprint density at radius 1 is 0.926 bits per heavy atom. The molecule has 0 N–H and O–H groups in total. The van der Waals surface area contributed by atoms with Crippen LogP contribution in [0.4, 0.5) is 0 Å². The highest BCUT2D eigenvalue weighted by Crippen LogP contribution is 2.18. The SMILES string of the molecule is N#Cc1ccc(OC(=O)c2cccc(CS(=O)(=O)c3ccccc3)c2)cc1. The maximum absolute atomic E-state index is 12.5. The first-order valence-electron chi connectivity index (χ1n) is 8.07. The molecule has 0 saturated heterocycles. The molecule has 0 spiro atoms. The van der Waals surface area contributed by atoms with Crippen LogP contribution in [0.5, 0.6) is 5.75 Å². The predicted octanol–water partition coefficient (Wildman–Crippen LogP) is 3.75. The molecule has 5 nitrogen and oxygen atoms in total. The molecule has 3 aromatic carbocycles. The van der Waals surface area contributed by atoms with Gasteiger partial charge in [-0.1, -0.05) is 30.3 Å². The molecule has 0 aliphatic heterocycles. The lowest BCUT2D eigenvalue weighted by atomic mass is 10.1. The van der Waals surface area contributed by atoms with E-state index in [1.807, 2.05) is 6.07 Å². The van der Waals surface area contributed by atoms with E-state index in [4.69, 9.17) is 10.00 Å². The molecule has 0 aliphatic carbocycles. The summed E-state index contributed by atoms with van der Waals surface area (Å²) in [6.07, 6.45) is 0. The van der Waals surface area contributed by atoms with Gasteiger partial charge in [-0.15, -0.1) is 0 Å². The maximum Gasteiger partial charge on any atom is 0.343 e. The summed E-state index contributed by atoms with van der Waals surface area (Å²) in [4.78, 5) is 12.6. The van der Waals surface area contributed by atoms with Gasteiger partial charge in [0, 0.05) is 0 Å². The van der Waals surface area contributed by atoms with Gasteiger partial charge in [-0.3, -0.25) is 0 Å².